The molecule has 6 nitrogen and oxygen atoms in total. The quantitative estimate of drug-likeness (QED) is 0.858. The summed E-state index contributed by atoms with van der Waals surface area (Å²) >= 11 is 0. The van der Waals surface area contributed by atoms with E-state index in [4.69, 9.17) is 4.74 Å². The lowest BCUT2D eigenvalue weighted by Crippen LogP contribution is -2.49. The van der Waals surface area contributed by atoms with E-state index in [-0.39, 0.29) is 12.7 Å². The third-order valence-electron chi connectivity index (χ3n) is 5.60. The third-order valence-corrected chi connectivity index (χ3v) is 5.60. The van der Waals surface area contributed by atoms with Gasteiger partial charge in [-0.2, -0.15) is 0 Å². The van der Waals surface area contributed by atoms with Crippen molar-refractivity contribution in [3.05, 3.63) is 29.3 Å². The van der Waals surface area contributed by atoms with Gasteiger partial charge in [-0.15, -0.1) is 0 Å². The molecule has 1 atom stereocenters. The number of ether oxygens (including phenoxy) is 1. The Labute approximate surface area is 169 Å². The van der Waals surface area contributed by atoms with E-state index in [0.717, 1.165) is 39.1 Å². The summed E-state index contributed by atoms with van der Waals surface area (Å²) in [6, 6.07) is 6.52. The Balaban J connectivity index is 1.61. The molecule has 2 aliphatic heterocycles. The normalized spacial score (nSPS) is 21.2. The number of carbonyl (C=O) groups is 1. The van der Waals surface area contributed by atoms with E-state index in [2.05, 4.69) is 34.9 Å². The number of aryl methyl sites for hydroxylation is 1. The van der Waals surface area contributed by atoms with Crippen molar-refractivity contribution >= 4 is 11.8 Å². The number of aliphatic hydroxyl groups excluding tert-OH is 1. The maximum absolute atomic E-state index is 12.3. The summed E-state index contributed by atoms with van der Waals surface area (Å²) in [5, 5.41) is 9.49. The molecule has 156 valence electrons. The molecule has 0 bridgehead atoms. The number of anilines is 1. The number of hydrogen-bond acceptors (Lipinski definition) is 5. The van der Waals surface area contributed by atoms with Gasteiger partial charge in [0.2, 0.25) is 0 Å². The molecule has 0 spiro atoms. The molecule has 1 aromatic carbocycles. The van der Waals surface area contributed by atoms with Crippen molar-refractivity contribution in [2.75, 3.05) is 50.8 Å². The van der Waals surface area contributed by atoms with Crippen molar-refractivity contribution in [2.45, 2.75) is 46.3 Å². The van der Waals surface area contributed by atoms with E-state index in [1.54, 1.807) is 0 Å². The maximum atomic E-state index is 12.3. The first-order valence-corrected chi connectivity index (χ1v) is 10.4. The van der Waals surface area contributed by atoms with Crippen LogP contribution in [0.15, 0.2) is 18.2 Å². The SMILES string of the molecule is Cc1cccc(CN2CCN(C(=O)OC(C)(C)C)CC2)c1N1CC[C@H](CO)C1. The molecule has 3 rings (SSSR count). The molecule has 0 aromatic heterocycles. The highest BCUT2D eigenvalue weighted by atomic mass is 16.6. The summed E-state index contributed by atoms with van der Waals surface area (Å²) in [5.41, 5.74) is 3.51. The van der Waals surface area contributed by atoms with Gasteiger partial charge in [-0.1, -0.05) is 18.2 Å². The monoisotopic (exact) mass is 389 g/mol. The van der Waals surface area contributed by atoms with Gasteiger partial charge in [-0.05, 0) is 45.2 Å². The van der Waals surface area contributed by atoms with E-state index in [1.807, 2.05) is 25.7 Å². The van der Waals surface area contributed by atoms with Crippen molar-refractivity contribution in [3.8, 4) is 0 Å². The fraction of sp³-hybridized carbons (Fsp3) is 0.682. The standard InChI is InChI=1S/C22H35N3O3/c1-17-6-5-7-19(20(17)25-9-8-18(14-25)16-26)15-23-10-12-24(13-11-23)21(27)28-22(2,3)4/h5-7,18,26H,8-16H2,1-4H3/t18-/m0/s1. The molecule has 0 saturated carbocycles. The Hall–Kier alpha value is -1.79. The smallest absolute Gasteiger partial charge is 0.410 e. The molecule has 1 N–H and O–H groups in total. The maximum Gasteiger partial charge on any atom is 0.410 e. The molecule has 0 radical (unpaired) electrons. The zero-order valence-corrected chi connectivity index (χ0v) is 17.8. The first kappa shape index (κ1) is 20.9. The lowest BCUT2D eigenvalue weighted by molar-refractivity contribution is 0.0139. The molecule has 0 aliphatic carbocycles. The first-order chi connectivity index (χ1) is 13.3. The number of piperazine rings is 1. The molecule has 2 saturated heterocycles. The number of carbonyl (C=O) groups excluding carboxylic acids is 1. The number of benzene rings is 1. The van der Waals surface area contributed by atoms with Crippen LogP contribution in [0.4, 0.5) is 10.5 Å². The van der Waals surface area contributed by atoms with Crippen LogP contribution in [0.25, 0.3) is 0 Å². The Morgan fingerprint density at radius 1 is 1.18 bits per heavy atom. The molecule has 2 aliphatic rings. The summed E-state index contributed by atoms with van der Waals surface area (Å²) in [4.78, 5) is 18.9. The zero-order valence-electron chi connectivity index (χ0n) is 17.8. The minimum Gasteiger partial charge on any atom is -0.444 e. The minimum absolute atomic E-state index is 0.212. The Morgan fingerprint density at radius 3 is 2.50 bits per heavy atom. The number of hydrogen-bond donors (Lipinski definition) is 1. The molecule has 1 aromatic rings. The van der Waals surface area contributed by atoms with E-state index >= 15 is 0 Å². The summed E-state index contributed by atoms with van der Waals surface area (Å²) in [6.07, 6.45) is 0.842. The van der Waals surface area contributed by atoms with Crippen LogP contribution in [0, 0.1) is 12.8 Å². The molecule has 2 fully saturated rings. The van der Waals surface area contributed by atoms with Crippen molar-refractivity contribution in [1.82, 2.24) is 9.80 Å². The Bertz CT molecular complexity index is 678. The van der Waals surface area contributed by atoms with Crippen molar-refractivity contribution in [3.63, 3.8) is 0 Å². The average Bonchev–Trinajstić information content (AvgIpc) is 3.09. The second kappa shape index (κ2) is 8.70. The van der Waals surface area contributed by atoms with Crippen molar-refractivity contribution in [2.24, 2.45) is 5.92 Å². The molecule has 28 heavy (non-hydrogen) atoms. The first-order valence-electron chi connectivity index (χ1n) is 10.4. The van der Waals surface area contributed by atoms with Crippen LogP contribution in [0.1, 0.15) is 38.3 Å². The number of para-hydroxylation sites is 1. The number of rotatable bonds is 4. The van der Waals surface area contributed by atoms with Gasteiger partial charge in [0, 0.05) is 64.0 Å². The van der Waals surface area contributed by atoms with Crippen LogP contribution in [-0.4, -0.2) is 72.5 Å². The van der Waals surface area contributed by atoms with Crippen molar-refractivity contribution in [1.29, 1.82) is 0 Å². The van der Waals surface area contributed by atoms with E-state index in [0.29, 0.717) is 19.0 Å². The second-order valence-electron chi connectivity index (χ2n) is 9.11. The fourth-order valence-corrected chi connectivity index (χ4v) is 4.14. The van der Waals surface area contributed by atoms with Crippen LogP contribution in [0.5, 0.6) is 0 Å². The van der Waals surface area contributed by atoms with Crippen LogP contribution in [0.3, 0.4) is 0 Å². The molecule has 0 unspecified atom stereocenters. The van der Waals surface area contributed by atoms with Gasteiger partial charge in [0.15, 0.2) is 0 Å². The summed E-state index contributed by atoms with van der Waals surface area (Å²) in [7, 11) is 0. The van der Waals surface area contributed by atoms with Crippen LogP contribution >= 0.6 is 0 Å². The molecule has 2 heterocycles. The van der Waals surface area contributed by atoms with Gasteiger partial charge in [-0.25, -0.2) is 4.79 Å². The lowest BCUT2D eigenvalue weighted by Gasteiger charge is -2.36. The molecule has 6 heteroatoms. The summed E-state index contributed by atoms with van der Waals surface area (Å²) in [6.45, 7) is 14.1. The van der Waals surface area contributed by atoms with Gasteiger partial charge >= 0.3 is 6.09 Å². The largest absolute Gasteiger partial charge is 0.444 e. The van der Waals surface area contributed by atoms with Gasteiger partial charge in [0.25, 0.3) is 0 Å². The topological polar surface area (TPSA) is 56.2 Å². The van der Waals surface area contributed by atoms with Crippen LogP contribution < -0.4 is 4.90 Å². The molecule has 1 amide bonds. The van der Waals surface area contributed by atoms with Gasteiger partial charge in [0.1, 0.15) is 5.60 Å². The highest BCUT2D eigenvalue weighted by molar-refractivity contribution is 5.68. The van der Waals surface area contributed by atoms with Crippen LogP contribution in [0.2, 0.25) is 0 Å². The van der Waals surface area contributed by atoms with E-state index in [1.165, 1.54) is 16.8 Å². The summed E-state index contributed by atoms with van der Waals surface area (Å²) < 4.78 is 5.50. The third kappa shape index (κ3) is 5.17. The van der Waals surface area contributed by atoms with Gasteiger partial charge < -0.3 is 19.6 Å². The Kier molecular flexibility index (Phi) is 6.50. The van der Waals surface area contributed by atoms with E-state index < -0.39 is 5.60 Å². The zero-order chi connectivity index (χ0) is 20.3. The molecular weight excluding hydrogens is 354 g/mol. The second-order valence-corrected chi connectivity index (χ2v) is 9.11. The Morgan fingerprint density at radius 2 is 1.89 bits per heavy atom. The molecular formula is C22H35N3O3. The highest BCUT2D eigenvalue weighted by Crippen LogP contribution is 2.31. The van der Waals surface area contributed by atoms with Gasteiger partial charge in [0.05, 0.1) is 0 Å². The predicted octanol–water partition coefficient (Wildman–Crippen LogP) is 2.87. The summed E-state index contributed by atoms with van der Waals surface area (Å²) in [5.74, 6) is 0.379. The number of nitrogens with zero attached hydrogens (tertiary/aromatic N) is 3. The van der Waals surface area contributed by atoms with Crippen LogP contribution in [-0.2, 0) is 11.3 Å². The average molecular weight is 390 g/mol. The highest BCUT2D eigenvalue weighted by Gasteiger charge is 2.28. The van der Waals surface area contributed by atoms with E-state index in [9.17, 15) is 9.90 Å². The van der Waals surface area contributed by atoms with Crippen molar-refractivity contribution < 1.29 is 14.6 Å². The predicted molar refractivity (Wildman–Crippen MR) is 112 cm³/mol. The fourth-order valence-electron chi connectivity index (χ4n) is 4.14. The number of amides is 1. The minimum atomic E-state index is -0.452. The lowest BCUT2D eigenvalue weighted by atomic mass is 10.1. The van der Waals surface area contributed by atoms with Gasteiger partial charge in [-0.3, -0.25) is 4.90 Å². The number of aliphatic hydroxyl groups is 1.